The Kier molecular flexibility index (Phi) is 6.29. The number of pyridine rings is 1. The fourth-order valence-electron chi connectivity index (χ4n) is 6.12. The summed E-state index contributed by atoms with van der Waals surface area (Å²) in [5.41, 5.74) is 5.53. The zero-order valence-corrected chi connectivity index (χ0v) is 21.6. The Morgan fingerprint density at radius 2 is 1.82 bits per heavy atom. The molecule has 198 valence electrons. The van der Waals surface area contributed by atoms with Crippen LogP contribution in [-0.4, -0.2) is 68.1 Å². The number of rotatable bonds is 6. The average molecular weight is 516 g/mol. The van der Waals surface area contributed by atoms with Crippen LogP contribution in [0.3, 0.4) is 0 Å². The highest BCUT2D eigenvalue weighted by atomic mass is 16.7. The number of hydrogen-bond donors (Lipinski definition) is 0. The van der Waals surface area contributed by atoms with Crippen LogP contribution in [-0.2, 0) is 28.9 Å². The first kappa shape index (κ1) is 23.7. The van der Waals surface area contributed by atoms with Crippen molar-refractivity contribution in [3.8, 4) is 11.5 Å². The predicted molar refractivity (Wildman–Crippen MR) is 143 cm³/mol. The lowest BCUT2D eigenvalue weighted by molar-refractivity contribution is 0.0507. The highest BCUT2D eigenvalue weighted by molar-refractivity contribution is 5.95. The maximum atomic E-state index is 14.0. The molecule has 0 N–H and O–H groups in total. The summed E-state index contributed by atoms with van der Waals surface area (Å²) in [6.07, 6.45) is 5.48. The molecule has 1 aliphatic carbocycles. The van der Waals surface area contributed by atoms with Crippen LogP contribution in [0.5, 0.6) is 11.5 Å². The summed E-state index contributed by atoms with van der Waals surface area (Å²) < 4.78 is 22.6. The van der Waals surface area contributed by atoms with Crippen LogP contribution in [0.2, 0.25) is 0 Å². The third kappa shape index (κ3) is 4.56. The summed E-state index contributed by atoms with van der Waals surface area (Å²) in [5.74, 6) is 2.20. The molecule has 0 spiro atoms. The Hall–Kier alpha value is -3.36. The summed E-state index contributed by atoms with van der Waals surface area (Å²) in [5, 5.41) is 1.14. The molecule has 1 amide bonds. The molecule has 2 aromatic carbocycles. The number of ether oxygens (including phenoxy) is 4. The maximum Gasteiger partial charge on any atom is 0.254 e. The van der Waals surface area contributed by atoms with Crippen molar-refractivity contribution in [3.63, 3.8) is 0 Å². The van der Waals surface area contributed by atoms with E-state index >= 15 is 0 Å². The van der Waals surface area contributed by atoms with Crippen LogP contribution in [0.15, 0.2) is 36.4 Å². The number of carbonyl (C=O) groups is 1. The van der Waals surface area contributed by atoms with Crippen molar-refractivity contribution in [1.29, 1.82) is 0 Å². The van der Waals surface area contributed by atoms with Crippen LogP contribution >= 0.6 is 0 Å². The lowest BCUT2D eigenvalue weighted by Gasteiger charge is -2.32. The second-order valence-electron chi connectivity index (χ2n) is 10.6. The van der Waals surface area contributed by atoms with E-state index in [1.165, 1.54) is 17.5 Å². The topological polar surface area (TPSA) is 73.4 Å². The van der Waals surface area contributed by atoms with Gasteiger partial charge in [-0.05, 0) is 79.6 Å². The Labute approximate surface area is 222 Å². The second kappa shape index (κ2) is 10.1. The van der Waals surface area contributed by atoms with Gasteiger partial charge >= 0.3 is 0 Å². The van der Waals surface area contributed by atoms with Gasteiger partial charge in [0.2, 0.25) is 6.79 Å². The normalized spacial score (nSPS) is 20.2. The predicted octanol–water partition coefficient (Wildman–Crippen LogP) is 4.11. The maximum absolute atomic E-state index is 14.0. The van der Waals surface area contributed by atoms with Gasteiger partial charge in [0, 0.05) is 49.3 Å². The lowest BCUT2D eigenvalue weighted by Crippen LogP contribution is -2.40. The van der Waals surface area contributed by atoms with E-state index in [1.54, 1.807) is 6.07 Å². The SMILES string of the molecule is O=C(c1ccc2c(c1)OCO2)N(Cc1cc2cc3c(cc2nc1N1CCOCC1)CCC3)CC1CCCO1. The molecule has 3 aromatic rings. The van der Waals surface area contributed by atoms with Crippen LogP contribution < -0.4 is 14.4 Å². The minimum atomic E-state index is -0.0409. The number of aryl methyl sites for hydroxylation is 2. The van der Waals surface area contributed by atoms with E-state index in [-0.39, 0.29) is 18.8 Å². The van der Waals surface area contributed by atoms with E-state index in [1.807, 2.05) is 17.0 Å². The Morgan fingerprint density at radius 1 is 0.974 bits per heavy atom. The largest absolute Gasteiger partial charge is 0.454 e. The quantitative estimate of drug-likeness (QED) is 0.489. The van der Waals surface area contributed by atoms with Crippen molar-refractivity contribution in [2.24, 2.45) is 0 Å². The molecule has 2 fully saturated rings. The molecular weight excluding hydrogens is 482 g/mol. The fraction of sp³-hybridized carbons (Fsp3) is 0.467. The molecule has 8 heteroatoms. The van der Waals surface area contributed by atoms with E-state index < -0.39 is 0 Å². The van der Waals surface area contributed by atoms with Gasteiger partial charge in [0.25, 0.3) is 5.91 Å². The van der Waals surface area contributed by atoms with Crippen LogP contribution in [0, 0.1) is 0 Å². The number of morpholine rings is 1. The molecule has 38 heavy (non-hydrogen) atoms. The van der Waals surface area contributed by atoms with Crippen molar-refractivity contribution in [2.75, 3.05) is 51.1 Å². The van der Waals surface area contributed by atoms with Gasteiger partial charge in [-0.15, -0.1) is 0 Å². The Morgan fingerprint density at radius 3 is 2.66 bits per heavy atom. The zero-order valence-electron chi connectivity index (χ0n) is 21.6. The number of aromatic nitrogens is 1. The Balaban J connectivity index is 1.27. The van der Waals surface area contributed by atoms with Gasteiger partial charge in [0.15, 0.2) is 11.5 Å². The number of benzene rings is 2. The van der Waals surface area contributed by atoms with Crippen LogP contribution in [0.4, 0.5) is 5.82 Å². The van der Waals surface area contributed by atoms with E-state index in [2.05, 4.69) is 23.1 Å². The molecule has 1 atom stereocenters. The molecule has 2 saturated heterocycles. The third-order valence-corrected chi connectivity index (χ3v) is 8.11. The molecule has 0 radical (unpaired) electrons. The second-order valence-corrected chi connectivity index (χ2v) is 10.6. The number of hydrogen-bond acceptors (Lipinski definition) is 7. The molecular formula is C30H33N3O5. The summed E-state index contributed by atoms with van der Waals surface area (Å²) in [7, 11) is 0. The fourth-order valence-corrected chi connectivity index (χ4v) is 6.12. The molecule has 1 aromatic heterocycles. The van der Waals surface area contributed by atoms with Gasteiger partial charge in [-0.25, -0.2) is 4.98 Å². The smallest absolute Gasteiger partial charge is 0.254 e. The summed E-state index contributed by atoms with van der Waals surface area (Å²) in [4.78, 5) is 23.4. The minimum absolute atomic E-state index is 0.0384. The van der Waals surface area contributed by atoms with E-state index in [9.17, 15) is 4.79 Å². The van der Waals surface area contributed by atoms with Crippen LogP contribution in [0.25, 0.3) is 10.9 Å². The zero-order chi connectivity index (χ0) is 25.5. The number of amides is 1. The van der Waals surface area contributed by atoms with Crippen molar-refractivity contribution in [3.05, 3.63) is 58.7 Å². The number of nitrogens with zero attached hydrogens (tertiary/aromatic N) is 3. The van der Waals surface area contributed by atoms with Crippen LogP contribution in [0.1, 0.15) is 46.3 Å². The first-order valence-corrected chi connectivity index (χ1v) is 13.8. The molecule has 0 saturated carbocycles. The van der Waals surface area contributed by atoms with Crippen molar-refractivity contribution >= 4 is 22.6 Å². The lowest BCUT2D eigenvalue weighted by atomic mass is 10.0. The summed E-state index contributed by atoms with van der Waals surface area (Å²) >= 11 is 0. The number of fused-ring (bicyclic) bond motifs is 3. The van der Waals surface area contributed by atoms with E-state index in [4.69, 9.17) is 23.9 Å². The minimum Gasteiger partial charge on any atom is -0.454 e. The number of anilines is 1. The van der Waals surface area contributed by atoms with Crippen molar-refractivity contribution in [2.45, 2.75) is 44.8 Å². The van der Waals surface area contributed by atoms with E-state index in [0.717, 1.165) is 67.7 Å². The molecule has 0 bridgehead atoms. The van der Waals surface area contributed by atoms with Gasteiger partial charge in [0.1, 0.15) is 5.82 Å². The average Bonchev–Trinajstić information content (AvgIpc) is 3.73. The monoisotopic (exact) mass is 515 g/mol. The first-order chi connectivity index (χ1) is 18.7. The van der Waals surface area contributed by atoms with Crippen molar-refractivity contribution < 1.29 is 23.7 Å². The molecule has 7 rings (SSSR count). The van der Waals surface area contributed by atoms with Gasteiger partial charge in [-0.2, -0.15) is 0 Å². The molecule has 8 nitrogen and oxygen atoms in total. The van der Waals surface area contributed by atoms with Gasteiger partial charge in [0.05, 0.1) is 24.8 Å². The third-order valence-electron chi connectivity index (χ3n) is 8.11. The first-order valence-electron chi connectivity index (χ1n) is 13.8. The van der Waals surface area contributed by atoms with Gasteiger partial charge < -0.3 is 28.7 Å². The summed E-state index contributed by atoms with van der Waals surface area (Å²) in [6, 6.07) is 12.3. The molecule has 4 heterocycles. The number of carbonyl (C=O) groups excluding carboxylic acids is 1. The highest BCUT2D eigenvalue weighted by Crippen LogP contribution is 2.34. The van der Waals surface area contributed by atoms with Gasteiger partial charge in [-0.3, -0.25) is 4.79 Å². The molecule has 4 aliphatic rings. The van der Waals surface area contributed by atoms with E-state index in [0.29, 0.717) is 43.4 Å². The molecule has 3 aliphatic heterocycles. The van der Waals surface area contributed by atoms with Gasteiger partial charge in [-0.1, -0.05) is 0 Å². The Bertz CT molecular complexity index is 1360. The van der Waals surface area contributed by atoms with Crippen molar-refractivity contribution in [1.82, 2.24) is 9.88 Å². The molecule has 1 unspecified atom stereocenters. The standard InChI is InChI=1S/C30H33N3O5/c34-30(22-6-7-27-28(16-22)38-19-37-27)33(18-25-5-2-10-36-25)17-24-14-23-13-20-3-1-4-21(20)15-26(23)31-29(24)32-8-11-35-12-9-32/h6-7,13-16,25H,1-5,8-12,17-19H2. The summed E-state index contributed by atoms with van der Waals surface area (Å²) in [6.45, 7) is 4.87. The highest BCUT2D eigenvalue weighted by Gasteiger charge is 2.28.